The van der Waals surface area contributed by atoms with Crippen LogP contribution in [0.2, 0.25) is 0 Å². The van der Waals surface area contributed by atoms with E-state index in [1.807, 2.05) is 39.0 Å². The number of amides is 1. The van der Waals surface area contributed by atoms with Crippen LogP contribution >= 0.6 is 0 Å². The number of likely N-dealkylation sites (N-methyl/N-ethyl adjacent to an activating group) is 1. The first-order valence-electron chi connectivity index (χ1n) is 6.17. The summed E-state index contributed by atoms with van der Waals surface area (Å²) in [7, 11) is 0. The molecule has 0 radical (unpaired) electrons. The van der Waals surface area contributed by atoms with Crippen LogP contribution in [0.15, 0.2) is 18.2 Å². The van der Waals surface area contributed by atoms with Gasteiger partial charge in [0, 0.05) is 13.1 Å². The molecule has 1 N–H and O–H groups in total. The van der Waals surface area contributed by atoms with E-state index in [9.17, 15) is 4.79 Å². The summed E-state index contributed by atoms with van der Waals surface area (Å²) in [5.41, 5.74) is 2.19. The Kier molecular flexibility index (Phi) is 5.65. The molecular formula is C14H21NO3. The third-order valence-corrected chi connectivity index (χ3v) is 2.79. The highest BCUT2D eigenvalue weighted by Crippen LogP contribution is 2.18. The lowest BCUT2D eigenvalue weighted by Gasteiger charge is -2.20. The van der Waals surface area contributed by atoms with Crippen molar-refractivity contribution >= 4 is 5.91 Å². The maximum absolute atomic E-state index is 11.8. The molecule has 0 aliphatic rings. The van der Waals surface area contributed by atoms with E-state index in [1.165, 1.54) is 5.56 Å². The van der Waals surface area contributed by atoms with Crippen molar-refractivity contribution in [2.24, 2.45) is 0 Å². The van der Waals surface area contributed by atoms with Crippen molar-refractivity contribution in [2.45, 2.75) is 20.8 Å². The van der Waals surface area contributed by atoms with E-state index in [2.05, 4.69) is 0 Å². The number of benzene rings is 1. The lowest BCUT2D eigenvalue weighted by atomic mass is 10.1. The molecule has 18 heavy (non-hydrogen) atoms. The fourth-order valence-corrected chi connectivity index (χ4v) is 1.77. The Morgan fingerprint density at radius 1 is 1.39 bits per heavy atom. The molecule has 4 heteroatoms. The van der Waals surface area contributed by atoms with Gasteiger partial charge in [0.1, 0.15) is 5.75 Å². The smallest absolute Gasteiger partial charge is 0.260 e. The Morgan fingerprint density at radius 2 is 2.11 bits per heavy atom. The van der Waals surface area contributed by atoms with Gasteiger partial charge >= 0.3 is 0 Å². The number of carbonyl (C=O) groups is 1. The van der Waals surface area contributed by atoms with Crippen molar-refractivity contribution in [3.8, 4) is 5.75 Å². The Labute approximate surface area is 108 Å². The van der Waals surface area contributed by atoms with Gasteiger partial charge in [-0.15, -0.1) is 0 Å². The number of nitrogens with zero attached hydrogens (tertiary/aromatic N) is 1. The summed E-state index contributed by atoms with van der Waals surface area (Å²) in [6.07, 6.45) is 0. The van der Waals surface area contributed by atoms with Crippen LogP contribution in [0.4, 0.5) is 0 Å². The van der Waals surface area contributed by atoms with E-state index in [-0.39, 0.29) is 19.1 Å². The summed E-state index contributed by atoms with van der Waals surface area (Å²) in [5, 5.41) is 8.84. The van der Waals surface area contributed by atoms with Gasteiger partial charge in [-0.3, -0.25) is 4.79 Å². The maximum Gasteiger partial charge on any atom is 0.260 e. The predicted molar refractivity (Wildman–Crippen MR) is 70.8 cm³/mol. The Balaban J connectivity index is 2.56. The molecule has 0 fully saturated rings. The SMILES string of the molecule is CCN(CCO)C(=O)COc1ccc(C)cc1C. The van der Waals surface area contributed by atoms with Crippen LogP contribution in [0.3, 0.4) is 0 Å². The second kappa shape index (κ2) is 7.01. The topological polar surface area (TPSA) is 49.8 Å². The second-order valence-electron chi connectivity index (χ2n) is 4.25. The van der Waals surface area contributed by atoms with Gasteiger partial charge in [-0.2, -0.15) is 0 Å². The summed E-state index contributed by atoms with van der Waals surface area (Å²) in [4.78, 5) is 13.4. The van der Waals surface area contributed by atoms with E-state index < -0.39 is 0 Å². The molecule has 0 aliphatic carbocycles. The average molecular weight is 251 g/mol. The largest absolute Gasteiger partial charge is 0.484 e. The molecule has 1 aromatic rings. The minimum atomic E-state index is -0.105. The van der Waals surface area contributed by atoms with Crippen molar-refractivity contribution in [3.05, 3.63) is 29.3 Å². The lowest BCUT2D eigenvalue weighted by molar-refractivity contribution is -0.133. The molecule has 0 unspecified atom stereocenters. The van der Waals surface area contributed by atoms with Gasteiger partial charge in [0.15, 0.2) is 6.61 Å². The Hall–Kier alpha value is -1.55. The van der Waals surface area contributed by atoms with E-state index in [0.29, 0.717) is 13.1 Å². The van der Waals surface area contributed by atoms with Gasteiger partial charge in [-0.05, 0) is 32.4 Å². The van der Waals surface area contributed by atoms with Crippen molar-refractivity contribution in [1.82, 2.24) is 4.90 Å². The number of rotatable bonds is 6. The van der Waals surface area contributed by atoms with Crippen molar-refractivity contribution in [2.75, 3.05) is 26.3 Å². The van der Waals surface area contributed by atoms with Crippen LogP contribution < -0.4 is 4.74 Å². The molecule has 0 saturated carbocycles. The monoisotopic (exact) mass is 251 g/mol. The van der Waals surface area contributed by atoms with Crippen LogP contribution in [0.25, 0.3) is 0 Å². The standard InChI is InChI=1S/C14H21NO3/c1-4-15(7-8-16)14(17)10-18-13-6-5-11(2)9-12(13)3/h5-6,9,16H,4,7-8,10H2,1-3H3. The summed E-state index contributed by atoms with van der Waals surface area (Å²) in [6.45, 7) is 6.77. The molecule has 4 nitrogen and oxygen atoms in total. The number of ether oxygens (including phenoxy) is 1. The van der Waals surface area contributed by atoms with Crippen molar-refractivity contribution in [1.29, 1.82) is 0 Å². The van der Waals surface area contributed by atoms with Crippen LogP contribution in [-0.2, 0) is 4.79 Å². The van der Waals surface area contributed by atoms with E-state index in [1.54, 1.807) is 4.90 Å². The number of aliphatic hydroxyl groups excluding tert-OH is 1. The molecule has 0 atom stereocenters. The highest BCUT2D eigenvalue weighted by molar-refractivity contribution is 5.77. The zero-order valence-corrected chi connectivity index (χ0v) is 11.3. The van der Waals surface area contributed by atoms with E-state index in [4.69, 9.17) is 9.84 Å². The zero-order valence-electron chi connectivity index (χ0n) is 11.3. The molecule has 0 aliphatic heterocycles. The molecule has 0 heterocycles. The minimum absolute atomic E-state index is 0.0116. The first-order valence-corrected chi connectivity index (χ1v) is 6.17. The minimum Gasteiger partial charge on any atom is -0.484 e. The molecular weight excluding hydrogens is 230 g/mol. The van der Waals surface area contributed by atoms with Crippen molar-refractivity contribution in [3.63, 3.8) is 0 Å². The third kappa shape index (κ3) is 4.04. The Bertz CT molecular complexity index is 404. The lowest BCUT2D eigenvalue weighted by Crippen LogP contribution is -2.36. The number of aryl methyl sites for hydroxylation is 2. The number of aliphatic hydroxyl groups is 1. The van der Waals surface area contributed by atoms with Gasteiger partial charge in [0.05, 0.1) is 6.61 Å². The average Bonchev–Trinajstić information content (AvgIpc) is 2.34. The quantitative estimate of drug-likeness (QED) is 0.834. The number of hydrogen-bond acceptors (Lipinski definition) is 3. The highest BCUT2D eigenvalue weighted by atomic mass is 16.5. The van der Waals surface area contributed by atoms with E-state index in [0.717, 1.165) is 11.3 Å². The van der Waals surface area contributed by atoms with Crippen molar-refractivity contribution < 1.29 is 14.6 Å². The summed E-state index contributed by atoms with van der Waals surface area (Å²) in [5.74, 6) is 0.625. The van der Waals surface area contributed by atoms with Gasteiger partial charge in [-0.25, -0.2) is 0 Å². The first-order chi connectivity index (χ1) is 8.58. The number of carbonyl (C=O) groups excluding carboxylic acids is 1. The predicted octanol–water partition coefficient (Wildman–Crippen LogP) is 1.52. The third-order valence-electron chi connectivity index (χ3n) is 2.79. The molecule has 1 aromatic carbocycles. The number of hydrogen-bond donors (Lipinski definition) is 1. The maximum atomic E-state index is 11.8. The fraction of sp³-hybridized carbons (Fsp3) is 0.500. The molecule has 0 spiro atoms. The van der Waals surface area contributed by atoms with Crippen LogP contribution in [0, 0.1) is 13.8 Å². The first kappa shape index (κ1) is 14.5. The molecule has 1 amide bonds. The van der Waals surface area contributed by atoms with Crippen LogP contribution in [0.1, 0.15) is 18.1 Å². The van der Waals surface area contributed by atoms with E-state index >= 15 is 0 Å². The molecule has 100 valence electrons. The summed E-state index contributed by atoms with van der Waals surface area (Å²) >= 11 is 0. The molecule has 0 aromatic heterocycles. The highest BCUT2D eigenvalue weighted by Gasteiger charge is 2.12. The van der Waals surface area contributed by atoms with Gasteiger partial charge in [0.2, 0.25) is 0 Å². The second-order valence-corrected chi connectivity index (χ2v) is 4.25. The van der Waals surface area contributed by atoms with Gasteiger partial charge in [-0.1, -0.05) is 17.7 Å². The molecule has 0 saturated heterocycles. The zero-order chi connectivity index (χ0) is 13.5. The van der Waals surface area contributed by atoms with Crippen LogP contribution in [0.5, 0.6) is 5.75 Å². The molecule has 1 rings (SSSR count). The summed E-state index contributed by atoms with van der Waals surface area (Å²) < 4.78 is 5.51. The van der Waals surface area contributed by atoms with Gasteiger partial charge in [0.25, 0.3) is 5.91 Å². The van der Waals surface area contributed by atoms with Crippen LogP contribution in [-0.4, -0.2) is 42.2 Å². The normalized spacial score (nSPS) is 10.2. The summed E-state index contributed by atoms with van der Waals surface area (Å²) in [6, 6.07) is 5.85. The van der Waals surface area contributed by atoms with Gasteiger partial charge < -0.3 is 14.7 Å². The Morgan fingerprint density at radius 3 is 2.67 bits per heavy atom. The fourth-order valence-electron chi connectivity index (χ4n) is 1.77. The molecule has 0 bridgehead atoms.